The maximum atomic E-state index is 13.4. The first-order chi connectivity index (χ1) is 21.3. The molecule has 2 fully saturated rings. The van der Waals surface area contributed by atoms with Crippen LogP contribution in [0.25, 0.3) is 0 Å². The van der Waals surface area contributed by atoms with E-state index in [1.54, 1.807) is 7.05 Å². The number of likely N-dealkylation sites (tertiary alicyclic amines) is 2. The number of aromatic nitrogens is 2. The highest BCUT2D eigenvalue weighted by atomic mass is 16.2. The van der Waals surface area contributed by atoms with Crippen LogP contribution < -0.4 is 15.5 Å². The molecule has 0 radical (unpaired) electrons. The van der Waals surface area contributed by atoms with Crippen LogP contribution in [-0.4, -0.2) is 82.9 Å². The van der Waals surface area contributed by atoms with Crippen molar-refractivity contribution in [3.8, 4) is 0 Å². The number of amides is 2. The number of anilines is 1. The highest BCUT2D eigenvalue weighted by molar-refractivity contribution is 5.96. The molecule has 2 amide bonds. The van der Waals surface area contributed by atoms with Gasteiger partial charge < -0.3 is 20.4 Å². The van der Waals surface area contributed by atoms with Crippen molar-refractivity contribution >= 4 is 17.5 Å². The summed E-state index contributed by atoms with van der Waals surface area (Å²) in [6.07, 6.45) is 5.65. The number of rotatable bonds is 10. The van der Waals surface area contributed by atoms with Gasteiger partial charge in [0.25, 0.3) is 5.91 Å². The van der Waals surface area contributed by atoms with Gasteiger partial charge in [0, 0.05) is 56.5 Å². The minimum Gasteiger partial charge on any atom is -0.364 e. The zero-order chi connectivity index (χ0) is 31.1. The quantitative estimate of drug-likeness (QED) is 0.364. The average Bonchev–Trinajstić information content (AvgIpc) is 3.04. The summed E-state index contributed by atoms with van der Waals surface area (Å²) in [6.45, 7) is 11.5. The predicted octanol–water partition coefficient (Wildman–Crippen LogP) is 4.09. The van der Waals surface area contributed by atoms with Crippen molar-refractivity contribution in [2.24, 2.45) is 0 Å². The molecule has 2 saturated heterocycles. The largest absolute Gasteiger partial charge is 0.364 e. The third-order valence-corrected chi connectivity index (χ3v) is 9.53. The highest BCUT2D eigenvalue weighted by Crippen LogP contribution is 2.34. The molecule has 3 aromatic rings. The lowest BCUT2D eigenvalue weighted by Crippen LogP contribution is -2.58. The molecule has 0 aliphatic carbocycles. The first-order valence-electron chi connectivity index (χ1n) is 15.9. The van der Waals surface area contributed by atoms with E-state index < -0.39 is 0 Å². The topological polar surface area (TPSA) is 93.7 Å². The standard InChI is InChI=1S/C35H47N7O2/c1-26-33(27(2)39-25-38-26)34(44)40-20-16-35(3,17-21-40)41-18-14-31(15-19-41)42(24-29-8-6-5-7-9-29)30-12-10-28(11-13-30)22-37-32(43)23-36-4/h5-13,25,31,36H,14-24H2,1-4H3,(H,37,43). The molecule has 0 spiro atoms. The second-order valence-corrected chi connectivity index (χ2v) is 12.5. The first kappa shape index (κ1) is 31.6. The van der Waals surface area contributed by atoms with Crippen LogP contribution >= 0.6 is 0 Å². The SMILES string of the molecule is CNCC(=O)NCc1ccc(N(Cc2ccccc2)C2CCN(C3(C)CCN(C(=O)c4c(C)ncnc4C)CC3)CC2)cc1. The van der Waals surface area contributed by atoms with E-state index in [9.17, 15) is 9.59 Å². The third kappa shape index (κ3) is 7.45. The number of benzene rings is 2. The van der Waals surface area contributed by atoms with E-state index >= 15 is 0 Å². The van der Waals surface area contributed by atoms with Crippen molar-refractivity contribution in [3.05, 3.63) is 89.0 Å². The second kappa shape index (κ2) is 14.3. The Labute approximate surface area is 262 Å². The molecular formula is C35H47N7O2. The van der Waals surface area contributed by atoms with Crippen LogP contribution in [0.1, 0.15) is 65.5 Å². The van der Waals surface area contributed by atoms with Gasteiger partial charge in [-0.3, -0.25) is 14.5 Å². The lowest BCUT2D eigenvalue weighted by molar-refractivity contribution is -0.120. The number of carbonyl (C=O) groups is 2. The number of hydrogen-bond donors (Lipinski definition) is 2. The van der Waals surface area contributed by atoms with Crippen LogP contribution in [-0.2, 0) is 17.9 Å². The summed E-state index contributed by atoms with van der Waals surface area (Å²) in [4.78, 5) is 41.0. The van der Waals surface area contributed by atoms with Crippen LogP contribution in [0.15, 0.2) is 60.9 Å². The number of nitrogens with zero attached hydrogens (tertiary/aromatic N) is 5. The van der Waals surface area contributed by atoms with Gasteiger partial charge in [0.15, 0.2) is 0 Å². The second-order valence-electron chi connectivity index (χ2n) is 12.5. The summed E-state index contributed by atoms with van der Waals surface area (Å²) in [5.41, 5.74) is 5.86. The van der Waals surface area contributed by atoms with Crippen molar-refractivity contribution in [1.82, 2.24) is 30.4 Å². The summed E-state index contributed by atoms with van der Waals surface area (Å²) in [7, 11) is 1.77. The molecule has 9 heteroatoms. The van der Waals surface area contributed by atoms with Gasteiger partial charge in [-0.15, -0.1) is 0 Å². The van der Waals surface area contributed by atoms with Gasteiger partial charge in [-0.05, 0) is 76.8 Å². The molecule has 44 heavy (non-hydrogen) atoms. The van der Waals surface area contributed by atoms with Crippen molar-refractivity contribution in [2.75, 3.05) is 44.7 Å². The van der Waals surface area contributed by atoms with Crippen molar-refractivity contribution < 1.29 is 9.59 Å². The Morgan fingerprint density at radius 1 is 0.909 bits per heavy atom. The molecule has 234 valence electrons. The Morgan fingerprint density at radius 2 is 1.55 bits per heavy atom. The molecule has 5 rings (SSSR count). The lowest BCUT2D eigenvalue weighted by atomic mass is 9.85. The summed E-state index contributed by atoms with van der Waals surface area (Å²) in [5, 5.41) is 5.85. The molecule has 2 aliphatic rings. The smallest absolute Gasteiger partial charge is 0.257 e. The summed E-state index contributed by atoms with van der Waals surface area (Å²) >= 11 is 0. The van der Waals surface area contributed by atoms with E-state index in [-0.39, 0.29) is 17.4 Å². The fourth-order valence-corrected chi connectivity index (χ4v) is 6.73. The Morgan fingerprint density at radius 3 is 2.16 bits per heavy atom. The van der Waals surface area contributed by atoms with Crippen LogP contribution in [0.5, 0.6) is 0 Å². The fourth-order valence-electron chi connectivity index (χ4n) is 6.73. The van der Waals surface area contributed by atoms with E-state index in [1.807, 2.05) is 18.7 Å². The molecule has 2 N–H and O–H groups in total. The van der Waals surface area contributed by atoms with Crippen molar-refractivity contribution in [3.63, 3.8) is 0 Å². The monoisotopic (exact) mass is 597 g/mol. The van der Waals surface area contributed by atoms with E-state index in [2.05, 4.69) is 91.9 Å². The number of aryl methyl sites for hydroxylation is 2. The minimum atomic E-state index is -0.00370. The van der Waals surface area contributed by atoms with Gasteiger partial charge in [-0.1, -0.05) is 42.5 Å². The first-order valence-corrected chi connectivity index (χ1v) is 15.9. The summed E-state index contributed by atoms with van der Waals surface area (Å²) in [6, 6.07) is 19.8. The lowest BCUT2D eigenvalue weighted by Gasteiger charge is -2.50. The molecule has 0 bridgehead atoms. The molecule has 0 saturated carbocycles. The summed E-state index contributed by atoms with van der Waals surface area (Å²) < 4.78 is 0. The average molecular weight is 598 g/mol. The van der Waals surface area contributed by atoms with E-state index in [0.717, 1.165) is 75.4 Å². The van der Waals surface area contributed by atoms with Crippen molar-refractivity contribution in [2.45, 2.75) is 71.1 Å². The van der Waals surface area contributed by atoms with Crippen LogP contribution in [0.4, 0.5) is 5.69 Å². The van der Waals surface area contributed by atoms with Crippen LogP contribution in [0.3, 0.4) is 0 Å². The third-order valence-electron chi connectivity index (χ3n) is 9.53. The normalized spacial score (nSPS) is 17.3. The Kier molecular flexibility index (Phi) is 10.3. The van der Waals surface area contributed by atoms with E-state index in [1.165, 1.54) is 17.6 Å². The van der Waals surface area contributed by atoms with Gasteiger partial charge >= 0.3 is 0 Å². The van der Waals surface area contributed by atoms with Gasteiger partial charge in [0.2, 0.25) is 5.91 Å². The summed E-state index contributed by atoms with van der Waals surface area (Å²) in [5.74, 6) is 0.0558. The van der Waals surface area contributed by atoms with Crippen molar-refractivity contribution in [1.29, 1.82) is 0 Å². The van der Waals surface area contributed by atoms with Gasteiger partial charge in [0.1, 0.15) is 6.33 Å². The molecule has 1 aromatic heterocycles. The Balaban J connectivity index is 1.21. The van der Waals surface area contributed by atoms with Gasteiger partial charge in [0.05, 0.1) is 23.5 Å². The number of carbonyl (C=O) groups excluding carboxylic acids is 2. The molecule has 0 atom stereocenters. The zero-order valence-electron chi connectivity index (χ0n) is 26.7. The predicted molar refractivity (Wildman–Crippen MR) is 174 cm³/mol. The van der Waals surface area contributed by atoms with Crippen LogP contribution in [0.2, 0.25) is 0 Å². The molecule has 3 heterocycles. The number of likely N-dealkylation sites (N-methyl/N-ethyl adjacent to an activating group) is 1. The number of nitrogens with one attached hydrogen (secondary N) is 2. The maximum Gasteiger partial charge on any atom is 0.257 e. The fraction of sp³-hybridized carbons (Fsp3) is 0.486. The Bertz CT molecular complexity index is 1380. The number of piperidine rings is 2. The molecule has 0 unspecified atom stereocenters. The minimum absolute atomic E-state index is 0.00370. The highest BCUT2D eigenvalue weighted by Gasteiger charge is 2.39. The maximum absolute atomic E-state index is 13.4. The molecule has 2 aliphatic heterocycles. The van der Waals surface area contributed by atoms with Crippen LogP contribution in [0, 0.1) is 13.8 Å². The Hall–Kier alpha value is -3.82. The van der Waals surface area contributed by atoms with E-state index in [4.69, 9.17) is 0 Å². The van der Waals surface area contributed by atoms with E-state index in [0.29, 0.717) is 24.7 Å². The molecule has 9 nitrogen and oxygen atoms in total. The zero-order valence-corrected chi connectivity index (χ0v) is 26.7. The van der Waals surface area contributed by atoms with Gasteiger partial charge in [-0.25, -0.2) is 9.97 Å². The molecule has 2 aromatic carbocycles. The molecular weight excluding hydrogens is 550 g/mol. The van der Waals surface area contributed by atoms with Gasteiger partial charge in [-0.2, -0.15) is 0 Å². The number of hydrogen-bond acceptors (Lipinski definition) is 7.